The van der Waals surface area contributed by atoms with Crippen LogP contribution in [0.1, 0.15) is 37.9 Å². The smallest absolute Gasteiger partial charge is 0.326 e. The molecule has 0 N–H and O–H groups in total. The number of ether oxygens (including phenoxy) is 1. The number of hydrogen-bond acceptors (Lipinski definition) is 5. The summed E-state index contributed by atoms with van der Waals surface area (Å²) in [5.41, 5.74) is 0. The lowest BCUT2D eigenvalue weighted by atomic mass is 10.0. The van der Waals surface area contributed by atoms with E-state index in [2.05, 4.69) is 24.0 Å². The summed E-state index contributed by atoms with van der Waals surface area (Å²) < 4.78 is 7.07. The molecule has 2 aliphatic rings. The minimum absolute atomic E-state index is 0. The van der Waals surface area contributed by atoms with E-state index in [0.29, 0.717) is 31.4 Å². The van der Waals surface area contributed by atoms with Crippen LogP contribution in [0.15, 0.2) is 12.4 Å². The van der Waals surface area contributed by atoms with Gasteiger partial charge in [-0.2, -0.15) is 0 Å². The molecule has 0 bridgehead atoms. The predicted molar refractivity (Wildman–Crippen MR) is 105 cm³/mol. The van der Waals surface area contributed by atoms with Crippen molar-refractivity contribution in [3.8, 4) is 0 Å². The van der Waals surface area contributed by atoms with Gasteiger partial charge in [0.1, 0.15) is 12.4 Å². The molecule has 1 aromatic heterocycles. The molecule has 0 atom stereocenters. The Morgan fingerprint density at radius 3 is 2.56 bits per heavy atom. The van der Waals surface area contributed by atoms with E-state index in [1.54, 1.807) is 17.0 Å². The predicted octanol–water partition coefficient (Wildman–Crippen LogP) is 1.74. The average Bonchev–Trinajstić information content (AvgIpc) is 3.37. The molecule has 1 saturated heterocycles. The van der Waals surface area contributed by atoms with Crippen LogP contribution in [-0.2, 0) is 27.3 Å². The summed E-state index contributed by atoms with van der Waals surface area (Å²) in [5, 5.41) is 0. The van der Waals surface area contributed by atoms with Gasteiger partial charge in [0, 0.05) is 44.4 Å². The number of imidazole rings is 1. The van der Waals surface area contributed by atoms with E-state index in [9.17, 15) is 9.59 Å². The van der Waals surface area contributed by atoms with Gasteiger partial charge >= 0.3 is 5.97 Å². The summed E-state index contributed by atoms with van der Waals surface area (Å²) >= 11 is 0. The third-order valence-corrected chi connectivity index (χ3v) is 5.39. The van der Waals surface area contributed by atoms with Crippen LogP contribution in [0.3, 0.4) is 0 Å². The first-order valence-corrected chi connectivity index (χ1v) is 9.62. The van der Waals surface area contributed by atoms with Crippen molar-refractivity contribution >= 4 is 24.3 Å². The van der Waals surface area contributed by atoms with Gasteiger partial charge in [0.05, 0.1) is 6.61 Å². The molecular weight excluding hydrogens is 368 g/mol. The van der Waals surface area contributed by atoms with Gasteiger partial charge in [-0.25, -0.2) is 4.98 Å². The Labute approximate surface area is 167 Å². The minimum Gasteiger partial charge on any atom is -0.464 e. The van der Waals surface area contributed by atoms with Crippen molar-refractivity contribution in [1.82, 2.24) is 19.4 Å². The van der Waals surface area contributed by atoms with Crippen molar-refractivity contribution in [2.45, 2.75) is 51.1 Å². The van der Waals surface area contributed by atoms with Crippen LogP contribution >= 0.6 is 12.4 Å². The van der Waals surface area contributed by atoms with E-state index in [1.807, 2.05) is 4.90 Å². The van der Waals surface area contributed by atoms with Crippen LogP contribution in [0.25, 0.3) is 0 Å². The lowest BCUT2D eigenvalue weighted by molar-refractivity contribution is -0.144. The lowest BCUT2D eigenvalue weighted by Crippen LogP contribution is -2.44. The van der Waals surface area contributed by atoms with Gasteiger partial charge in [-0.15, -0.1) is 12.4 Å². The molecule has 0 aromatic carbocycles. The summed E-state index contributed by atoms with van der Waals surface area (Å²) in [6.07, 6.45) is 8.82. The highest BCUT2D eigenvalue weighted by atomic mass is 35.5. The summed E-state index contributed by atoms with van der Waals surface area (Å²) in [7, 11) is 4.19. The van der Waals surface area contributed by atoms with Gasteiger partial charge in [0.25, 0.3) is 0 Å². The topological polar surface area (TPSA) is 67.7 Å². The standard InChI is InChI=1S/C19H30N4O3.ClH/c1-21(2)16-7-10-22(11-8-16)18(24)6-5-17-20-9-12-23(17)13-19(25)26-14-15-3-4-15;/h9,12,15-16H,3-8,10-11,13-14H2,1-2H3;1H. The van der Waals surface area contributed by atoms with Crippen LogP contribution in [0, 0.1) is 5.92 Å². The highest BCUT2D eigenvalue weighted by molar-refractivity contribution is 5.85. The molecule has 1 aliphatic carbocycles. The highest BCUT2D eigenvalue weighted by Crippen LogP contribution is 2.28. The van der Waals surface area contributed by atoms with Crippen molar-refractivity contribution < 1.29 is 14.3 Å². The van der Waals surface area contributed by atoms with E-state index < -0.39 is 0 Å². The van der Waals surface area contributed by atoms with Gasteiger partial charge in [-0.3, -0.25) is 9.59 Å². The molecule has 1 aliphatic heterocycles. The van der Waals surface area contributed by atoms with Gasteiger partial charge in [0.2, 0.25) is 5.91 Å². The van der Waals surface area contributed by atoms with Gasteiger partial charge in [-0.1, -0.05) is 0 Å². The normalized spacial score (nSPS) is 17.7. The molecule has 27 heavy (non-hydrogen) atoms. The van der Waals surface area contributed by atoms with Crippen molar-refractivity contribution in [1.29, 1.82) is 0 Å². The minimum atomic E-state index is -0.228. The molecule has 0 spiro atoms. The first-order valence-electron chi connectivity index (χ1n) is 9.62. The Morgan fingerprint density at radius 1 is 1.22 bits per heavy atom. The van der Waals surface area contributed by atoms with E-state index in [0.717, 1.165) is 44.6 Å². The Morgan fingerprint density at radius 2 is 1.93 bits per heavy atom. The second-order valence-electron chi connectivity index (χ2n) is 7.67. The highest BCUT2D eigenvalue weighted by Gasteiger charge is 2.25. The molecule has 1 amide bonds. The Bertz CT molecular complexity index is 622. The summed E-state index contributed by atoms with van der Waals surface area (Å²) in [6.45, 7) is 2.35. The number of aromatic nitrogens is 2. The van der Waals surface area contributed by atoms with Crippen molar-refractivity contribution in [3.05, 3.63) is 18.2 Å². The Balaban J connectivity index is 0.00000261. The molecule has 1 aromatic rings. The first-order chi connectivity index (χ1) is 12.5. The largest absolute Gasteiger partial charge is 0.464 e. The molecular formula is C19H31ClN4O3. The zero-order valence-electron chi connectivity index (χ0n) is 16.3. The number of amides is 1. The fraction of sp³-hybridized carbons (Fsp3) is 0.737. The van der Waals surface area contributed by atoms with Gasteiger partial charge in [-0.05, 0) is 45.7 Å². The molecule has 7 nitrogen and oxygen atoms in total. The fourth-order valence-electron chi connectivity index (χ4n) is 3.40. The SMILES string of the molecule is CN(C)C1CCN(C(=O)CCc2nccn2CC(=O)OCC2CC2)CC1.Cl. The maximum atomic E-state index is 12.5. The molecule has 1 saturated carbocycles. The molecule has 0 unspecified atom stereocenters. The summed E-state index contributed by atoms with van der Waals surface area (Å²) in [5.74, 6) is 1.28. The van der Waals surface area contributed by atoms with E-state index in [-0.39, 0.29) is 30.8 Å². The Kier molecular flexibility index (Phi) is 8.10. The number of likely N-dealkylation sites (tertiary alicyclic amines) is 1. The van der Waals surface area contributed by atoms with Gasteiger partial charge < -0.3 is 19.1 Å². The maximum Gasteiger partial charge on any atom is 0.326 e. The number of rotatable bonds is 8. The van der Waals surface area contributed by atoms with Crippen LogP contribution in [0.2, 0.25) is 0 Å². The third kappa shape index (κ3) is 6.50. The molecule has 2 fully saturated rings. The third-order valence-electron chi connectivity index (χ3n) is 5.39. The lowest BCUT2D eigenvalue weighted by Gasteiger charge is -2.35. The summed E-state index contributed by atoms with van der Waals surface area (Å²) in [4.78, 5) is 32.9. The molecule has 2 heterocycles. The van der Waals surface area contributed by atoms with Crippen molar-refractivity contribution in [2.75, 3.05) is 33.8 Å². The number of piperidine rings is 1. The number of nitrogens with zero attached hydrogens (tertiary/aromatic N) is 4. The van der Waals surface area contributed by atoms with Crippen LogP contribution in [-0.4, -0.2) is 71.1 Å². The number of halogens is 1. The molecule has 3 rings (SSSR count). The molecule has 8 heteroatoms. The van der Waals surface area contributed by atoms with Crippen molar-refractivity contribution in [2.24, 2.45) is 5.92 Å². The number of carbonyl (C=O) groups is 2. The summed E-state index contributed by atoms with van der Waals surface area (Å²) in [6, 6.07) is 0.569. The van der Waals surface area contributed by atoms with Crippen LogP contribution in [0.5, 0.6) is 0 Å². The maximum absolute atomic E-state index is 12.5. The number of aryl methyl sites for hydroxylation is 1. The van der Waals surface area contributed by atoms with E-state index in [4.69, 9.17) is 4.74 Å². The molecule has 0 radical (unpaired) electrons. The zero-order valence-corrected chi connectivity index (χ0v) is 17.1. The molecule has 152 valence electrons. The fourth-order valence-corrected chi connectivity index (χ4v) is 3.40. The van der Waals surface area contributed by atoms with E-state index in [1.165, 1.54) is 0 Å². The van der Waals surface area contributed by atoms with Crippen LogP contribution < -0.4 is 0 Å². The van der Waals surface area contributed by atoms with Crippen molar-refractivity contribution in [3.63, 3.8) is 0 Å². The number of carbonyl (C=O) groups excluding carboxylic acids is 2. The number of hydrogen-bond donors (Lipinski definition) is 0. The average molecular weight is 399 g/mol. The number of esters is 1. The Hall–Kier alpha value is -1.60. The monoisotopic (exact) mass is 398 g/mol. The second-order valence-corrected chi connectivity index (χ2v) is 7.67. The van der Waals surface area contributed by atoms with Crippen LogP contribution in [0.4, 0.5) is 0 Å². The first kappa shape index (κ1) is 21.7. The van der Waals surface area contributed by atoms with E-state index >= 15 is 0 Å². The second kappa shape index (κ2) is 10.1. The quantitative estimate of drug-likeness (QED) is 0.624. The van der Waals surface area contributed by atoms with Gasteiger partial charge in [0.15, 0.2) is 0 Å². The zero-order chi connectivity index (χ0) is 18.5.